The van der Waals surface area contributed by atoms with Gasteiger partial charge in [-0.2, -0.15) is 0 Å². The van der Waals surface area contributed by atoms with E-state index in [1.807, 2.05) is 31.2 Å². The summed E-state index contributed by atoms with van der Waals surface area (Å²) in [6, 6.07) is 7.88. The highest BCUT2D eigenvalue weighted by atomic mass is 35.5. The predicted molar refractivity (Wildman–Crippen MR) is 121 cm³/mol. The summed E-state index contributed by atoms with van der Waals surface area (Å²) in [4.78, 5) is 7.20. The number of halogens is 1. The lowest BCUT2D eigenvalue weighted by Crippen LogP contribution is -2.49. The minimum absolute atomic E-state index is 0.0190. The molecule has 0 amide bonds. The molecule has 0 aliphatic carbocycles. The Balaban J connectivity index is 1.75. The van der Waals surface area contributed by atoms with Crippen LogP contribution in [-0.4, -0.2) is 68.4 Å². The Morgan fingerprint density at radius 3 is 2.52 bits per heavy atom. The van der Waals surface area contributed by atoms with Crippen molar-refractivity contribution in [3.63, 3.8) is 0 Å². The van der Waals surface area contributed by atoms with Gasteiger partial charge in [0.1, 0.15) is 11.9 Å². The van der Waals surface area contributed by atoms with E-state index in [9.17, 15) is 0 Å². The Morgan fingerprint density at radius 1 is 1.21 bits per heavy atom. The van der Waals surface area contributed by atoms with E-state index < -0.39 is 0 Å². The zero-order valence-corrected chi connectivity index (χ0v) is 19.0. The third-order valence-corrected chi connectivity index (χ3v) is 5.04. The van der Waals surface area contributed by atoms with E-state index in [1.54, 1.807) is 0 Å². The quantitative estimate of drug-likeness (QED) is 0.444. The number of piperidine rings is 1. The topological polar surface area (TPSA) is 58.1 Å². The molecule has 0 spiro atoms. The molecule has 1 aromatic carbocycles. The van der Waals surface area contributed by atoms with Crippen molar-refractivity contribution in [1.82, 2.24) is 15.5 Å². The minimum Gasteiger partial charge on any atom is -0.489 e. The van der Waals surface area contributed by atoms with E-state index in [1.165, 1.54) is 0 Å². The highest BCUT2D eigenvalue weighted by Crippen LogP contribution is 2.17. The van der Waals surface area contributed by atoms with Crippen LogP contribution in [0.25, 0.3) is 0 Å². The van der Waals surface area contributed by atoms with E-state index in [0.29, 0.717) is 23.7 Å². The second kappa shape index (κ2) is 12.9. The van der Waals surface area contributed by atoms with Gasteiger partial charge >= 0.3 is 0 Å². The van der Waals surface area contributed by atoms with Gasteiger partial charge in [0.15, 0.2) is 5.96 Å². The first-order valence-corrected chi connectivity index (χ1v) is 11.1. The highest BCUT2D eigenvalue weighted by molar-refractivity contribution is 6.30. The number of likely N-dealkylation sites (tertiary alicyclic amines) is 1. The van der Waals surface area contributed by atoms with Crippen molar-refractivity contribution in [3.05, 3.63) is 29.3 Å². The first-order chi connectivity index (χ1) is 14.0. The van der Waals surface area contributed by atoms with Gasteiger partial charge in [0, 0.05) is 37.2 Å². The van der Waals surface area contributed by atoms with Crippen LogP contribution < -0.4 is 15.4 Å². The van der Waals surface area contributed by atoms with Gasteiger partial charge in [0.05, 0.1) is 19.3 Å². The molecule has 1 aliphatic heterocycles. The Kier molecular flexibility index (Phi) is 10.6. The van der Waals surface area contributed by atoms with Crippen molar-refractivity contribution in [1.29, 1.82) is 0 Å². The summed E-state index contributed by atoms with van der Waals surface area (Å²) in [5.41, 5.74) is 0. The van der Waals surface area contributed by atoms with Crippen molar-refractivity contribution in [3.8, 4) is 5.75 Å². The monoisotopic (exact) mass is 424 g/mol. The Hall–Kier alpha value is -1.50. The normalized spacial score (nSPS) is 17.4. The summed E-state index contributed by atoms with van der Waals surface area (Å²) < 4.78 is 11.6. The van der Waals surface area contributed by atoms with Gasteiger partial charge in [0.2, 0.25) is 0 Å². The number of guanidine groups is 1. The lowest BCUT2D eigenvalue weighted by atomic mass is 10.1. The van der Waals surface area contributed by atoms with Crippen LogP contribution in [0, 0.1) is 0 Å². The summed E-state index contributed by atoms with van der Waals surface area (Å²) in [6.45, 7) is 13.7. The molecule has 7 heteroatoms. The van der Waals surface area contributed by atoms with Crippen molar-refractivity contribution < 1.29 is 9.47 Å². The maximum Gasteiger partial charge on any atom is 0.191 e. The molecule has 1 atom stereocenters. The van der Waals surface area contributed by atoms with Crippen molar-refractivity contribution in [2.75, 3.05) is 39.3 Å². The molecule has 1 saturated heterocycles. The number of aliphatic imine (C=N–C) groups is 1. The molecule has 2 rings (SSSR count). The number of benzene rings is 1. The Labute approximate surface area is 181 Å². The molecule has 6 nitrogen and oxygen atoms in total. The molecule has 0 radical (unpaired) electrons. The van der Waals surface area contributed by atoms with Gasteiger partial charge < -0.3 is 25.0 Å². The zero-order valence-electron chi connectivity index (χ0n) is 18.3. The highest BCUT2D eigenvalue weighted by Gasteiger charge is 2.20. The van der Waals surface area contributed by atoms with Crippen LogP contribution in [0.4, 0.5) is 0 Å². The molecule has 0 saturated carbocycles. The van der Waals surface area contributed by atoms with Crippen LogP contribution in [0.3, 0.4) is 0 Å². The average molecular weight is 425 g/mol. The smallest absolute Gasteiger partial charge is 0.191 e. The van der Waals surface area contributed by atoms with Gasteiger partial charge in [-0.25, -0.2) is 4.99 Å². The maximum absolute atomic E-state index is 5.92. The van der Waals surface area contributed by atoms with Gasteiger partial charge in [-0.1, -0.05) is 11.6 Å². The van der Waals surface area contributed by atoms with Gasteiger partial charge in [-0.15, -0.1) is 0 Å². The molecular formula is C22H37ClN4O2. The summed E-state index contributed by atoms with van der Waals surface area (Å²) in [5, 5.41) is 7.64. The van der Waals surface area contributed by atoms with E-state index in [4.69, 9.17) is 26.1 Å². The average Bonchev–Trinajstić information content (AvgIpc) is 2.69. The lowest BCUT2D eigenvalue weighted by Gasteiger charge is -2.33. The van der Waals surface area contributed by atoms with Crippen molar-refractivity contribution in [2.45, 2.75) is 58.8 Å². The van der Waals surface area contributed by atoms with Crippen LogP contribution in [-0.2, 0) is 4.74 Å². The van der Waals surface area contributed by atoms with E-state index >= 15 is 0 Å². The molecule has 0 aromatic heterocycles. The van der Waals surface area contributed by atoms with Gasteiger partial charge in [0.25, 0.3) is 0 Å². The number of hydrogen-bond acceptors (Lipinski definition) is 4. The molecule has 1 aliphatic rings. The fraction of sp³-hybridized carbons (Fsp3) is 0.682. The van der Waals surface area contributed by atoms with E-state index in [-0.39, 0.29) is 6.10 Å². The Bertz CT molecular complexity index is 601. The third-order valence-electron chi connectivity index (χ3n) is 4.79. The van der Waals surface area contributed by atoms with E-state index in [0.717, 1.165) is 57.3 Å². The first-order valence-electron chi connectivity index (χ1n) is 10.8. The fourth-order valence-electron chi connectivity index (χ4n) is 3.23. The van der Waals surface area contributed by atoms with Gasteiger partial charge in [-0.3, -0.25) is 0 Å². The van der Waals surface area contributed by atoms with Crippen LogP contribution in [0.15, 0.2) is 29.3 Å². The van der Waals surface area contributed by atoms with E-state index in [2.05, 4.69) is 36.3 Å². The molecule has 1 fully saturated rings. The molecule has 2 N–H and O–H groups in total. The standard InChI is InChI=1S/C22H37ClN4O2/c1-5-24-22(25-16-18(4)29-21-8-6-19(23)7-9-21)26-20-10-12-27(13-11-20)14-15-28-17(2)3/h6-9,17-18,20H,5,10-16H2,1-4H3,(H2,24,25,26). The van der Waals surface area contributed by atoms with Crippen LogP contribution in [0.2, 0.25) is 5.02 Å². The number of nitrogens with zero attached hydrogens (tertiary/aromatic N) is 2. The fourth-order valence-corrected chi connectivity index (χ4v) is 3.36. The molecule has 164 valence electrons. The van der Waals surface area contributed by atoms with Crippen LogP contribution in [0.5, 0.6) is 5.75 Å². The minimum atomic E-state index is -0.0190. The third kappa shape index (κ3) is 9.70. The van der Waals surface area contributed by atoms with Gasteiger partial charge in [-0.05, 0) is 64.8 Å². The second-order valence-electron chi connectivity index (χ2n) is 7.78. The number of rotatable bonds is 10. The summed E-state index contributed by atoms with van der Waals surface area (Å²) >= 11 is 5.92. The molecule has 29 heavy (non-hydrogen) atoms. The van der Waals surface area contributed by atoms with Crippen LogP contribution in [0.1, 0.15) is 40.5 Å². The molecular weight excluding hydrogens is 388 g/mol. The molecule has 1 unspecified atom stereocenters. The van der Waals surface area contributed by atoms with Crippen molar-refractivity contribution >= 4 is 17.6 Å². The largest absolute Gasteiger partial charge is 0.489 e. The first kappa shape index (κ1) is 23.8. The number of nitrogens with one attached hydrogen (secondary N) is 2. The summed E-state index contributed by atoms with van der Waals surface area (Å²) in [5.74, 6) is 1.67. The number of hydrogen-bond donors (Lipinski definition) is 2. The van der Waals surface area contributed by atoms with Crippen molar-refractivity contribution in [2.24, 2.45) is 4.99 Å². The molecule has 1 aromatic rings. The summed E-state index contributed by atoms with van der Waals surface area (Å²) in [7, 11) is 0. The zero-order chi connectivity index (χ0) is 21.1. The second-order valence-corrected chi connectivity index (χ2v) is 8.22. The predicted octanol–water partition coefficient (Wildman–Crippen LogP) is 3.55. The molecule has 1 heterocycles. The summed E-state index contributed by atoms with van der Waals surface area (Å²) in [6.07, 6.45) is 2.51. The number of ether oxygens (including phenoxy) is 2. The van der Waals surface area contributed by atoms with Crippen LogP contribution >= 0.6 is 11.6 Å². The SMILES string of the molecule is CCNC(=NCC(C)Oc1ccc(Cl)cc1)NC1CCN(CCOC(C)C)CC1. The molecule has 0 bridgehead atoms. The maximum atomic E-state index is 5.92. The Morgan fingerprint density at radius 2 is 1.90 bits per heavy atom. The lowest BCUT2D eigenvalue weighted by molar-refractivity contribution is 0.0532.